The quantitative estimate of drug-likeness (QED) is 0.917. The molecule has 2 aliphatic rings. The van der Waals surface area contributed by atoms with Crippen LogP contribution in [0, 0.1) is 5.82 Å². The van der Waals surface area contributed by atoms with Crippen LogP contribution in [0.5, 0.6) is 0 Å². The summed E-state index contributed by atoms with van der Waals surface area (Å²) in [5.74, 6) is 0.657. The van der Waals surface area contributed by atoms with Crippen molar-refractivity contribution in [3.05, 3.63) is 53.2 Å². The zero-order valence-electron chi connectivity index (χ0n) is 14.7. The topological polar surface area (TPSA) is 58.1 Å². The van der Waals surface area contributed by atoms with Crippen LogP contribution in [0.25, 0.3) is 0 Å². The van der Waals surface area contributed by atoms with Gasteiger partial charge in [-0.15, -0.1) is 0 Å². The highest BCUT2D eigenvalue weighted by Gasteiger charge is 2.24. The maximum Gasteiger partial charge on any atom is 0.227 e. The Balaban J connectivity index is 1.44. The molecule has 1 amide bonds. The third-order valence-corrected chi connectivity index (χ3v) is 5.33. The Bertz CT molecular complexity index is 806. The van der Waals surface area contributed by atoms with Gasteiger partial charge in [-0.05, 0) is 43.4 Å². The molecule has 0 bridgehead atoms. The Morgan fingerprint density at radius 2 is 2.08 bits per heavy atom. The highest BCUT2D eigenvalue weighted by atomic mass is 19.1. The third-order valence-electron chi connectivity index (χ3n) is 5.33. The number of amides is 1. The summed E-state index contributed by atoms with van der Waals surface area (Å²) in [5.41, 5.74) is 2.88. The fourth-order valence-corrected chi connectivity index (χ4v) is 3.58. The third kappa shape index (κ3) is 3.69. The molecular weight excluding hydrogens is 331 g/mol. The van der Waals surface area contributed by atoms with Crippen LogP contribution in [0.4, 0.5) is 10.2 Å². The molecule has 0 atom stereocenters. The number of carbonyl (C=O) groups is 1. The first kappa shape index (κ1) is 16.9. The Hall–Kier alpha value is -2.50. The molecule has 1 fully saturated rings. The Labute approximate surface area is 152 Å². The summed E-state index contributed by atoms with van der Waals surface area (Å²) in [5, 5.41) is 3.53. The number of aromatic nitrogens is 2. The van der Waals surface area contributed by atoms with Crippen LogP contribution in [0.3, 0.4) is 0 Å². The SMILES string of the molecule is O=C(Cc1cccc(F)c1)N1CCc2ncnc(NC3CCC3)c2CC1. The molecular formula is C20H23FN4O. The molecule has 0 spiro atoms. The van der Waals surface area contributed by atoms with Crippen LogP contribution < -0.4 is 5.32 Å². The van der Waals surface area contributed by atoms with E-state index in [9.17, 15) is 9.18 Å². The van der Waals surface area contributed by atoms with E-state index in [1.807, 2.05) is 4.90 Å². The molecule has 0 radical (unpaired) electrons. The molecule has 1 aliphatic carbocycles. The van der Waals surface area contributed by atoms with Crippen molar-refractivity contribution in [2.45, 2.75) is 44.6 Å². The van der Waals surface area contributed by atoms with Crippen molar-refractivity contribution in [3.63, 3.8) is 0 Å². The van der Waals surface area contributed by atoms with Gasteiger partial charge >= 0.3 is 0 Å². The molecule has 1 saturated carbocycles. The molecule has 5 nitrogen and oxygen atoms in total. The summed E-state index contributed by atoms with van der Waals surface area (Å²) in [6, 6.07) is 6.77. The summed E-state index contributed by atoms with van der Waals surface area (Å²) in [7, 11) is 0. The summed E-state index contributed by atoms with van der Waals surface area (Å²) in [4.78, 5) is 23.4. The van der Waals surface area contributed by atoms with Gasteiger partial charge in [0.25, 0.3) is 0 Å². The number of carbonyl (C=O) groups excluding carboxylic acids is 1. The molecule has 2 heterocycles. The largest absolute Gasteiger partial charge is 0.367 e. The monoisotopic (exact) mass is 354 g/mol. The summed E-state index contributed by atoms with van der Waals surface area (Å²) in [6.45, 7) is 1.29. The lowest BCUT2D eigenvalue weighted by Gasteiger charge is -2.28. The van der Waals surface area contributed by atoms with Gasteiger partial charge < -0.3 is 10.2 Å². The molecule has 4 rings (SSSR count). The lowest BCUT2D eigenvalue weighted by molar-refractivity contribution is -0.130. The molecule has 1 aromatic heterocycles. The Morgan fingerprint density at radius 1 is 1.23 bits per heavy atom. The van der Waals surface area contributed by atoms with Crippen molar-refractivity contribution in [2.24, 2.45) is 0 Å². The second-order valence-electron chi connectivity index (χ2n) is 7.11. The van der Waals surface area contributed by atoms with Crippen LogP contribution in [-0.2, 0) is 24.1 Å². The van der Waals surface area contributed by atoms with Gasteiger partial charge in [0.2, 0.25) is 5.91 Å². The molecule has 6 heteroatoms. The van der Waals surface area contributed by atoms with E-state index in [4.69, 9.17) is 0 Å². The Morgan fingerprint density at radius 3 is 2.85 bits per heavy atom. The van der Waals surface area contributed by atoms with Crippen molar-refractivity contribution in [2.75, 3.05) is 18.4 Å². The van der Waals surface area contributed by atoms with Crippen molar-refractivity contribution in [1.29, 1.82) is 0 Å². The van der Waals surface area contributed by atoms with E-state index in [0.29, 0.717) is 24.7 Å². The number of anilines is 1. The number of nitrogens with zero attached hydrogens (tertiary/aromatic N) is 3. The molecule has 2 aromatic rings. The van der Waals surface area contributed by atoms with Gasteiger partial charge in [0, 0.05) is 31.1 Å². The van der Waals surface area contributed by atoms with E-state index in [-0.39, 0.29) is 18.1 Å². The van der Waals surface area contributed by atoms with E-state index in [1.165, 1.54) is 31.4 Å². The van der Waals surface area contributed by atoms with Gasteiger partial charge in [-0.3, -0.25) is 4.79 Å². The zero-order valence-corrected chi connectivity index (χ0v) is 14.7. The van der Waals surface area contributed by atoms with Crippen molar-refractivity contribution in [1.82, 2.24) is 14.9 Å². The van der Waals surface area contributed by atoms with Gasteiger partial charge in [0.15, 0.2) is 0 Å². The smallest absolute Gasteiger partial charge is 0.227 e. The predicted octanol–water partition coefficient (Wildman–Crippen LogP) is 2.75. The molecule has 1 aliphatic heterocycles. The van der Waals surface area contributed by atoms with E-state index in [0.717, 1.165) is 29.9 Å². The minimum Gasteiger partial charge on any atom is -0.367 e. The molecule has 1 N–H and O–H groups in total. The van der Waals surface area contributed by atoms with Crippen molar-refractivity contribution in [3.8, 4) is 0 Å². The van der Waals surface area contributed by atoms with E-state index < -0.39 is 0 Å². The molecule has 1 aromatic carbocycles. The average Bonchev–Trinajstić information content (AvgIpc) is 2.81. The fourth-order valence-electron chi connectivity index (χ4n) is 3.58. The second kappa shape index (κ2) is 7.40. The van der Waals surface area contributed by atoms with Gasteiger partial charge in [-0.1, -0.05) is 12.1 Å². The van der Waals surface area contributed by atoms with Gasteiger partial charge in [-0.2, -0.15) is 0 Å². The number of benzene rings is 1. The van der Waals surface area contributed by atoms with Crippen LogP contribution in [0.1, 0.15) is 36.1 Å². The first-order valence-corrected chi connectivity index (χ1v) is 9.30. The van der Waals surface area contributed by atoms with Crippen molar-refractivity contribution < 1.29 is 9.18 Å². The summed E-state index contributed by atoms with van der Waals surface area (Å²) < 4.78 is 13.3. The highest BCUT2D eigenvalue weighted by molar-refractivity contribution is 5.79. The number of hydrogen-bond acceptors (Lipinski definition) is 4. The molecule has 0 saturated heterocycles. The van der Waals surface area contributed by atoms with E-state index >= 15 is 0 Å². The number of rotatable bonds is 4. The Kier molecular flexibility index (Phi) is 4.82. The molecule has 0 unspecified atom stereocenters. The lowest BCUT2D eigenvalue weighted by atomic mass is 9.93. The summed E-state index contributed by atoms with van der Waals surface area (Å²) in [6.07, 6.45) is 6.98. The first-order chi connectivity index (χ1) is 12.7. The second-order valence-corrected chi connectivity index (χ2v) is 7.11. The maximum atomic E-state index is 13.3. The average molecular weight is 354 g/mol. The number of fused-ring (bicyclic) bond motifs is 1. The minimum absolute atomic E-state index is 0.0323. The van der Waals surface area contributed by atoms with Gasteiger partial charge in [-0.25, -0.2) is 14.4 Å². The number of nitrogens with one attached hydrogen (secondary N) is 1. The zero-order chi connectivity index (χ0) is 17.9. The van der Waals surface area contributed by atoms with E-state index in [2.05, 4.69) is 15.3 Å². The predicted molar refractivity (Wildman–Crippen MR) is 97.4 cm³/mol. The van der Waals surface area contributed by atoms with Crippen LogP contribution in [0.15, 0.2) is 30.6 Å². The van der Waals surface area contributed by atoms with Gasteiger partial charge in [0.1, 0.15) is 18.0 Å². The highest BCUT2D eigenvalue weighted by Crippen LogP contribution is 2.26. The molecule has 136 valence electrons. The maximum absolute atomic E-state index is 13.3. The van der Waals surface area contributed by atoms with Crippen LogP contribution in [-0.4, -0.2) is 39.9 Å². The standard InChI is InChI=1S/C20H23FN4O/c21-15-4-1-3-14(11-15)12-19(26)25-9-7-17-18(8-10-25)22-13-23-20(17)24-16-5-2-6-16/h1,3-4,11,13,16H,2,5-10,12H2,(H,22,23,24). The normalized spacial score (nSPS) is 17.2. The lowest BCUT2D eigenvalue weighted by Crippen LogP contribution is -2.34. The van der Waals surface area contributed by atoms with Crippen LogP contribution >= 0.6 is 0 Å². The van der Waals surface area contributed by atoms with Crippen molar-refractivity contribution >= 4 is 11.7 Å². The molecule has 26 heavy (non-hydrogen) atoms. The number of hydrogen-bond donors (Lipinski definition) is 1. The summed E-state index contributed by atoms with van der Waals surface area (Å²) >= 11 is 0. The fraction of sp³-hybridized carbons (Fsp3) is 0.450. The van der Waals surface area contributed by atoms with Crippen LogP contribution in [0.2, 0.25) is 0 Å². The van der Waals surface area contributed by atoms with E-state index in [1.54, 1.807) is 18.5 Å². The first-order valence-electron chi connectivity index (χ1n) is 9.30. The minimum atomic E-state index is -0.305. The van der Waals surface area contributed by atoms with Gasteiger partial charge in [0.05, 0.1) is 12.1 Å². The number of halogens is 1.